The second kappa shape index (κ2) is 40.3. The zero-order valence-corrected chi connectivity index (χ0v) is 60.1. The van der Waals surface area contributed by atoms with Crippen molar-refractivity contribution in [2.45, 2.75) is 304 Å². The van der Waals surface area contributed by atoms with Gasteiger partial charge >= 0.3 is 0 Å². The largest absolute Gasteiger partial charge is 0.394 e. The molecule has 9 aliphatic rings. The molecule has 9 fully saturated rings. The lowest BCUT2D eigenvalue weighted by Gasteiger charge is -2.51. The summed E-state index contributed by atoms with van der Waals surface area (Å²) in [6.45, 7) is -5.62. The molecule has 0 spiro atoms. The Morgan fingerprint density at radius 3 is 0.795 bits per heavy atom. The van der Waals surface area contributed by atoms with Gasteiger partial charge in [-0.3, -0.25) is 19.2 Å². The molecule has 112 heavy (non-hydrogen) atoms. The minimum absolute atomic E-state index is 0.775. The molecule has 0 unspecified atom stereocenters. The van der Waals surface area contributed by atoms with E-state index in [1.165, 1.54) is 0 Å². The molecule has 0 aliphatic carbocycles. The Kier molecular flexibility index (Phi) is 33.1. The molecule has 9 saturated heterocycles. The Morgan fingerprint density at radius 1 is 0.232 bits per heavy atom. The van der Waals surface area contributed by atoms with Gasteiger partial charge in [-0.25, -0.2) is 0 Å². The van der Waals surface area contributed by atoms with Crippen molar-refractivity contribution in [3.05, 3.63) is 0 Å². The van der Waals surface area contributed by atoms with Gasteiger partial charge in [0.15, 0.2) is 56.6 Å². The highest BCUT2D eigenvalue weighted by Crippen LogP contribution is 2.40. The van der Waals surface area contributed by atoms with Crippen LogP contribution >= 0.6 is 0 Å². The molecule has 45 atom stereocenters. The van der Waals surface area contributed by atoms with Crippen molar-refractivity contribution in [2.24, 2.45) is 0 Å². The molecule has 9 aliphatic heterocycles. The summed E-state index contributed by atoms with van der Waals surface area (Å²) >= 11 is 0. The third-order valence-electron chi connectivity index (χ3n) is 20.4. The van der Waals surface area contributed by atoms with Gasteiger partial charge in [-0.2, -0.15) is 0 Å². The van der Waals surface area contributed by atoms with Gasteiger partial charge in [0, 0.05) is 27.7 Å². The topological polar surface area (TPSA) is 779 Å². The molecule has 9 rings (SSSR count). The Morgan fingerprint density at radius 2 is 0.464 bits per heavy atom. The normalized spacial score (nSPS) is 48.9. The fraction of sp³-hybridized carbons (Fsp3) is 0.935. The summed E-state index contributed by atoms with van der Waals surface area (Å²) in [6.07, 6.45) is -82.8. The Labute approximate surface area is 634 Å². The standard InChI is InChI=1S/C62H104N4O46/c1-14(75)63-27-34(82)47(20(7-69)97-54(27)95)106-55-28(64-15(2)76)37(85)50(23(10-72)100-55)111-62-46(94)53(112-61-45(93)41(89)52(25(12-74)104-61)108-57-30(66-17(4)78)36(84)49(22(9-71)102-57)110-60-43(91)39(87)32(80)19(6-68)99-60)33(81)26(105-62)13-96-58-44(92)40(88)51(24(11-73)103-58)107-56-29(65-16(3)77)35(83)48(21(8-70)101-56)109-59-42(90)38(86)31(79)18(5-67)98-59/h18-62,67-74,79-95H,5-13H2,1-4H3,(H,63,75)(H,64,76)(H,65,77)(H,66,78)/t18-,19-,20-,21-,22-,23-,24-,25-,26-,27-,28-,29-,30-,31+,32+,33-,34-,35-,36-,37-,38+,39+,40-,41-,42-,43-,44+,45+,46+,47-,48-,49-,50-,51-,52-,53+,54-,55+,56+,57+,58+,59+,60+,61-,62+/m1/s1. The number of ether oxygens (including phenoxy) is 17. The number of hydrogen-bond donors (Lipinski definition) is 29. The number of rotatable bonds is 29. The first-order valence-electron chi connectivity index (χ1n) is 35.6. The number of carbonyl (C=O) groups is 4. The van der Waals surface area contributed by atoms with Gasteiger partial charge in [-0.05, 0) is 0 Å². The van der Waals surface area contributed by atoms with Crippen molar-refractivity contribution < 1.29 is 227 Å². The van der Waals surface area contributed by atoms with Gasteiger partial charge in [-0.15, -0.1) is 0 Å². The Balaban J connectivity index is 0.964. The third-order valence-corrected chi connectivity index (χ3v) is 20.4. The van der Waals surface area contributed by atoms with Gasteiger partial charge in [0.25, 0.3) is 0 Å². The van der Waals surface area contributed by atoms with Crippen LogP contribution < -0.4 is 21.3 Å². The van der Waals surface area contributed by atoms with Crippen LogP contribution in [0.15, 0.2) is 0 Å². The van der Waals surface area contributed by atoms with Gasteiger partial charge < -0.3 is 229 Å². The molecule has 0 aromatic carbocycles. The van der Waals surface area contributed by atoms with Crippen molar-refractivity contribution in [2.75, 3.05) is 59.5 Å². The molecule has 0 aromatic rings. The van der Waals surface area contributed by atoms with Gasteiger partial charge in [0.1, 0.15) is 219 Å². The number of amides is 4. The van der Waals surface area contributed by atoms with Crippen molar-refractivity contribution in [1.82, 2.24) is 21.3 Å². The molecule has 0 saturated carbocycles. The van der Waals surface area contributed by atoms with Crippen molar-refractivity contribution in [1.29, 1.82) is 0 Å². The highest BCUT2D eigenvalue weighted by molar-refractivity contribution is 5.74. The minimum Gasteiger partial charge on any atom is -0.394 e. The van der Waals surface area contributed by atoms with Gasteiger partial charge in [0.05, 0.1) is 59.5 Å². The average molecular weight is 1640 g/mol. The molecule has 0 bridgehead atoms. The monoisotopic (exact) mass is 1640 g/mol. The molecule has 50 heteroatoms. The lowest BCUT2D eigenvalue weighted by Crippen LogP contribution is -2.70. The second-order valence-corrected chi connectivity index (χ2v) is 28.2. The van der Waals surface area contributed by atoms with E-state index in [1.807, 2.05) is 0 Å². The first-order valence-corrected chi connectivity index (χ1v) is 35.6. The van der Waals surface area contributed by atoms with Crippen LogP contribution in [0.2, 0.25) is 0 Å². The van der Waals surface area contributed by atoms with E-state index in [0.29, 0.717) is 0 Å². The van der Waals surface area contributed by atoms with Crippen LogP contribution in [0.25, 0.3) is 0 Å². The Bertz CT molecular complexity index is 2970. The minimum atomic E-state index is -2.49. The van der Waals surface area contributed by atoms with E-state index in [9.17, 15) is 147 Å². The fourth-order valence-electron chi connectivity index (χ4n) is 14.5. The highest BCUT2D eigenvalue weighted by atomic mass is 16.8. The maximum Gasteiger partial charge on any atom is 0.217 e. The van der Waals surface area contributed by atoms with Crippen LogP contribution in [0, 0.1) is 0 Å². The number of aliphatic hydroxyl groups excluding tert-OH is 25. The molecule has 648 valence electrons. The van der Waals surface area contributed by atoms with Crippen molar-refractivity contribution >= 4 is 23.6 Å². The number of carbonyl (C=O) groups excluding carboxylic acids is 4. The summed E-state index contributed by atoms with van der Waals surface area (Å²) < 4.78 is 99.2. The molecule has 0 aromatic heterocycles. The Hall–Kier alpha value is -3.80. The predicted octanol–water partition coefficient (Wildman–Crippen LogP) is -20.1. The molecule has 0 radical (unpaired) electrons. The molecule has 9 heterocycles. The molecule has 29 N–H and O–H groups in total. The SMILES string of the molecule is CC(=O)N[C@@H]1[C@@H](O)[C@H](O[C@@H]2O[C@H](CO)[C@@H](O[C@@H]3O[C@H](CO[C@H]4O[C@H](CO)[C@@H](O[C@@H]5O[C@H](CO)[C@@H](O[C@@H]6O[C@H](CO)[C@H](O)[C@H](O)[C@H]6O)[C@H](O)[C@H]5NC(C)=O)[C@H](O)[C@@H]4O)[C@@H](O)[C@H](O[C@H]4O[C@H](CO)[C@@H](O[C@@H]5O[C@H](CO)[C@@H](O[C@@H]6O[C@H](CO)[C@H](O)[C@H](O)[C@H]6O)[C@H](O)[C@H]5NC(C)=O)[C@H](O)[C@@H]4O)[C@@H]3O)[C@H](O)[C@H]2NC(C)=O)[C@@H](CO)O[C@H]1O. The van der Waals surface area contributed by atoms with Crippen molar-refractivity contribution in [3.63, 3.8) is 0 Å². The van der Waals surface area contributed by atoms with Crippen LogP contribution in [0.4, 0.5) is 0 Å². The molecular weight excluding hydrogens is 1540 g/mol. The number of hydrogen-bond acceptors (Lipinski definition) is 46. The van der Waals surface area contributed by atoms with E-state index >= 15 is 0 Å². The molecule has 50 nitrogen and oxygen atoms in total. The molecular formula is C62H104N4O46. The smallest absolute Gasteiger partial charge is 0.217 e. The van der Waals surface area contributed by atoms with Crippen LogP contribution in [0.3, 0.4) is 0 Å². The first kappa shape index (κ1) is 92.1. The number of nitrogens with one attached hydrogen (secondary N) is 4. The number of aliphatic hydroxyl groups is 25. The summed E-state index contributed by atoms with van der Waals surface area (Å²) in [5, 5.41) is 285. The average Bonchev–Trinajstić information content (AvgIpc) is 0.768. The quantitative estimate of drug-likeness (QED) is 0.0331. The predicted molar refractivity (Wildman–Crippen MR) is 343 cm³/mol. The zero-order valence-electron chi connectivity index (χ0n) is 60.1. The van der Waals surface area contributed by atoms with Crippen molar-refractivity contribution in [3.8, 4) is 0 Å². The highest BCUT2D eigenvalue weighted by Gasteiger charge is 2.61. The lowest BCUT2D eigenvalue weighted by molar-refractivity contribution is -0.392. The fourth-order valence-corrected chi connectivity index (χ4v) is 14.5. The van der Waals surface area contributed by atoms with Crippen LogP contribution in [0.5, 0.6) is 0 Å². The summed E-state index contributed by atoms with van der Waals surface area (Å²) in [5.41, 5.74) is 0. The van der Waals surface area contributed by atoms with Crippen LogP contribution in [-0.2, 0) is 99.7 Å². The third kappa shape index (κ3) is 20.2. The summed E-state index contributed by atoms with van der Waals surface area (Å²) in [4.78, 5) is 50.3. The summed E-state index contributed by atoms with van der Waals surface area (Å²) in [7, 11) is 0. The van der Waals surface area contributed by atoms with E-state index in [4.69, 9.17) is 80.5 Å². The first-order chi connectivity index (χ1) is 53.0. The summed E-state index contributed by atoms with van der Waals surface area (Å²) in [5.74, 6) is -3.46. The zero-order chi connectivity index (χ0) is 82.5. The maximum absolute atomic E-state index is 12.9. The lowest BCUT2D eigenvalue weighted by atomic mass is 9.93. The van der Waals surface area contributed by atoms with E-state index in [1.54, 1.807) is 0 Å². The van der Waals surface area contributed by atoms with E-state index in [2.05, 4.69) is 21.3 Å². The van der Waals surface area contributed by atoms with Gasteiger partial charge in [0.2, 0.25) is 23.6 Å². The van der Waals surface area contributed by atoms with Crippen LogP contribution in [0.1, 0.15) is 27.7 Å². The molecule has 4 amide bonds. The van der Waals surface area contributed by atoms with Gasteiger partial charge in [-0.1, -0.05) is 0 Å². The summed E-state index contributed by atoms with van der Waals surface area (Å²) in [6, 6.07) is -7.12. The van der Waals surface area contributed by atoms with E-state index < -0.39 is 359 Å². The second-order valence-electron chi connectivity index (χ2n) is 28.2. The van der Waals surface area contributed by atoms with Crippen LogP contribution in [-0.4, -0.2) is 487 Å². The maximum atomic E-state index is 12.9. The van der Waals surface area contributed by atoms with E-state index in [-0.39, 0.29) is 0 Å². The van der Waals surface area contributed by atoms with E-state index in [0.717, 1.165) is 27.7 Å².